The Kier molecular flexibility index (Phi) is 6.51. The van der Waals surface area contributed by atoms with Crippen molar-refractivity contribution in [3.63, 3.8) is 0 Å². The second-order valence-electron chi connectivity index (χ2n) is 8.07. The van der Waals surface area contributed by atoms with E-state index in [9.17, 15) is 9.59 Å². The van der Waals surface area contributed by atoms with Crippen LogP contribution >= 0.6 is 0 Å². The van der Waals surface area contributed by atoms with Crippen LogP contribution in [0.2, 0.25) is 0 Å². The van der Waals surface area contributed by atoms with E-state index in [1.807, 2.05) is 45.0 Å². The molecule has 0 aliphatic carbocycles. The molecule has 3 heterocycles. The van der Waals surface area contributed by atoms with Crippen LogP contribution in [0.15, 0.2) is 67.2 Å². The molecule has 3 aromatic heterocycles. The van der Waals surface area contributed by atoms with Gasteiger partial charge in [0.1, 0.15) is 17.0 Å². The molecule has 0 bridgehead atoms. The van der Waals surface area contributed by atoms with Crippen LogP contribution in [0.3, 0.4) is 0 Å². The summed E-state index contributed by atoms with van der Waals surface area (Å²) >= 11 is 0. The topological polar surface area (TPSA) is 114 Å². The highest BCUT2D eigenvalue weighted by Gasteiger charge is 2.20. The van der Waals surface area contributed by atoms with E-state index in [0.717, 1.165) is 16.7 Å². The average Bonchev–Trinajstić information content (AvgIpc) is 3.28. The number of anilines is 1. The molecule has 0 fully saturated rings. The number of rotatable bonds is 6. The van der Waals surface area contributed by atoms with E-state index < -0.39 is 5.76 Å². The van der Waals surface area contributed by atoms with Crippen molar-refractivity contribution in [1.82, 2.24) is 15.1 Å². The molecule has 0 amide bonds. The second-order valence-corrected chi connectivity index (χ2v) is 8.07. The number of hydrogen-bond acceptors (Lipinski definition) is 7. The maximum absolute atomic E-state index is 13.3. The Morgan fingerprint density at radius 2 is 2.09 bits per heavy atom. The van der Waals surface area contributed by atoms with Gasteiger partial charge in [0.25, 0.3) is 0 Å². The van der Waals surface area contributed by atoms with Crippen molar-refractivity contribution in [1.29, 1.82) is 0 Å². The molecule has 1 unspecified atom stereocenters. The largest absolute Gasteiger partial charge is 0.455 e. The van der Waals surface area contributed by atoms with Crippen LogP contribution in [0.5, 0.6) is 0 Å². The maximum atomic E-state index is 13.3. The normalized spacial score (nSPS) is 12.7. The minimum atomic E-state index is -0.669. The van der Waals surface area contributed by atoms with Gasteiger partial charge in [-0.2, -0.15) is 0 Å². The summed E-state index contributed by atoms with van der Waals surface area (Å²) in [6.07, 6.45) is 12.1. The number of H-pyrrole nitrogens is 1. The van der Waals surface area contributed by atoms with Crippen molar-refractivity contribution in [2.45, 2.75) is 33.7 Å². The van der Waals surface area contributed by atoms with Gasteiger partial charge < -0.3 is 9.73 Å². The standard InChI is InChI=1S/C27H24N4O4/c1-6-8-10-18(7-2)24-16(4)23(32)20-14-15(3)13-19(25(20)34-24)17(5)29-21-11-9-12-28-22(21)26-30-27(33)35-31-26/h1,7-14,17,29H,2-5H3,(H,30,31,33)/b10-8-,18-7+. The Morgan fingerprint density at radius 3 is 2.77 bits per heavy atom. The molecule has 4 rings (SSSR count). The molecule has 176 valence electrons. The van der Waals surface area contributed by atoms with Gasteiger partial charge in [-0.25, -0.2) is 4.79 Å². The van der Waals surface area contributed by atoms with Crippen LogP contribution in [-0.4, -0.2) is 15.1 Å². The fourth-order valence-electron chi connectivity index (χ4n) is 3.96. The molecule has 0 saturated carbocycles. The molecule has 0 spiro atoms. The van der Waals surface area contributed by atoms with Crippen LogP contribution in [0, 0.1) is 26.2 Å². The lowest BCUT2D eigenvalue weighted by Gasteiger charge is -2.20. The fourth-order valence-corrected chi connectivity index (χ4v) is 3.96. The van der Waals surface area contributed by atoms with Gasteiger partial charge in [0.15, 0.2) is 5.43 Å². The number of nitrogens with one attached hydrogen (secondary N) is 2. The van der Waals surface area contributed by atoms with Crippen molar-refractivity contribution in [2.24, 2.45) is 0 Å². The summed E-state index contributed by atoms with van der Waals surface area (Å²) in [4.78, 5) is 31.6. The molecule has 0 aliphatic heterocycles. The summed E-state index contributed by atoms with van der Waals surface area (Å²) in [7, 11) is 0. The van der Waals surface area contributed by atoms with Crippen LogP contribution < -0.4 is 16.5 Å². The van der Waals surface area contributed by atoms with E-state index in [1.54, 1.807) is 31.3 Å². The minimum absolute atomic E-state index is 0.103. The summed E-state index contributed by atoms with van der Waals surface area (Å²) in [5.74, 6) is 2.48. The Bertz CT molecular complexity index is 1630. The molecule has 4 aromatic rings. The maximum Gasteiger partial charge on any atom is 0.439 e. The molecule has 0 saturated heterocycles. The minimum Gasteiger partial charge on any atom is -0.455 e. The van der Waals surface area contributed by atoms with E-state index in [-0.39, 0.29) is 17.3 Å². The predicted octanol–water partition coefficient (Wildman–Crippen LogP) is 4.91. The summed E-state index contributed by atoms with van der Waals surface area (Å²) in [6, 6.07) is 7.09. The number of pyridine rings is 1. The van der Waals surface area contributed by atoms with Crippen LogP contribution in [0.1, 0.15) is 42.3 Å². The number of benzene rings is 1. The number of allylic oxidation sites excluding steroid dienone is 4. The van der Waals surface area contributed by atoms with Crippen LogP contribution in [0.4, 0.5) is 5.69 Å². The molecule has 1 aromatic carbocycles. The van der Waals surface area contributed by atoms with Crippen molar-refractivity contribution in [2.75, 3.05) is 5.32 Å². The van der Waals surface area contributed by atoms with E-state index >= 15 is 0 Å². The van der Waals surface area contributed by atoms with E-state index in [2.05, 4.69) is 30.9 Å². The SMILES string of the molecule is C#C/C=C\C(=C/C)c1oc2c(C(C)Nc3cccnc3-c3noc(=O)[nH]3)cc(C)cc2c(=O)c1C. The van der Waals surface area contributed by atoms with Gasteiger partial charge in [-0.15, -0.1) is 6.42 Å². The smallest absolute Gasteiger partial charge is 0.439 e. The highest BCUT2D eigenvalue weighted by Crippen LogP contribution is 2.32. The lowest BCUT2D eigenvalue weighted by atomic mass is 9.98. The first kappa shape index (κ1) is 23.5. The zero-order valence-electron chi connectivity index (χ0n) is 19.8. The van der Waals surface area contributed by atoms with Crippen molar-refractivity contribution in [3.05, 3.63) is 91.9 Å². The summed E-state index contributed by atoms with van der Waals surface area (Å²) in [5, 5.41) is 7.65. The summed E-state index contributed by atoms with van der Waals surface area (Å²) in [6.45, 7) is 7.49. The predicted molar refractivity (Wildman–Crippen MR) is 136 cm³/mol. The summed E-state index contributed by atoms with van der Waals surface area (Å²) < 4.78 is 11.0. The van der Waals surface area contributed by atoms with Gasteiger partial charge in [0.05, 0.1) is 17.1 Å². The zero-order chi connectivity index (χ0) is 25.1. The van der Waals surface area contributed by atoms with Crippen LogP contribution in [0.25, 0.3) is 28.1 Å². The van der Waals surface area contributed by atoms with Gasteiger partial charge in [-0.1, -0.05) is 23.2 Å². The molecule has 8 heteroatoms. The summed E-state index contributed by atoms with van der Waals surface area (Å²) in [5.41, 5.74) is 4.37. The fraction of sp³-hybridized carbons (Fsp3) is 0.185. The van der Waals surface area contributed by atoms with Crippen molar-refractivity contribution >= 4 is 22.2 Å². The molecule has 35 heavy (non-hydrogen) atoms. The van der Waals surface area contributed by atoms with Crippen molar-refractivity contribution < 1.29 is 8.94 Å². The van der Waals surface area contributed by atoms with Gasteiger partial charge in [0, 0.05) is 22.9 Å². The van der Waals surface area contributed by atoms with E-state index in [4.69, 9.17) is 10.8 Å². The second kappa shape index (κ2) is 9.69. The van der Waals surface area contributed by atoms with Gasteiger partial charge in [-0.05, 0) is 63.6 Å². The Balaban J connectivity index is 1.86. The number of aromatic amines is 1. The number of aromatic nitrogens is 3. The first-order valence-electron chi connectivity index (χ1n) is 11.0. The van der Waals surface area contributed by atoms with Crippen molar-refractivity contribution in [3.8, 4) is 23.9 Å². The molecule has 2 N–H and O–H groups in total. The molecule has 1 atom stereocenters. The monoisotopic (exact) mass is 468 g/mol. The Morgan fingerprint density at radius 1 is 1.29 bits per heavy atom. The van der Waals surface area contributed by atoms with Gasteiger partial charge in [0.2, 0.25) is 5.82 Å². The number of nitrogens with zero attached hydrogens (tertiary/aromatic N) is 2. The van der Waals surface area contributed by atoms with Crippen LogP contribution in [-0.2, 0) is 0 Å². The average molecular weight is 469 g/mol. The number of aryl methyl sites for hydroxylation is 1. The quantitative estimate of drug-likeness (QED) is 0.305. The highest BCUT2D eigenvalue weighted by atomic mass is 16.5. The zero-order valence-corrected chi connectivity index (χ0v) is 19.8. The number of hydrogen-bond donors (Lipinski definition) is 2. The first-order valence-corrected chi connectivity index (χ1v) is 11.0. The molecule has 0 aliphatic rings. The van der Waals surface area contributed by atoms with E-state index in [0.29, 0.717) is 33.7 Å². The lowest BCUT2D eigenvalue weighted by Crippen LogP contribution is -2.13. The Hall–Kier alpha value is -4.64. The number of fused-ring (bicyclic) bond motifs is 1. The third-order valence-electron chi connectivity index (χ3n) is 5.64. The Labute approximate surface area is 201 Å². The van der Waals surface area contributed by atoms with E-state index in [1.165, 1.54) is 0 Å². The van der Waals surface area contributed by atoms with Gasteiger partial charge >= 0.3 is 5.76 Å². The highest BCUT2D eigenvalue weighted by molar-refractivity contribution is 5.85. The lowest BCUT2D eigenvalue weighted by molar-refractivity contribution is 0.388. The third-order valence-corrected chi connectivity index (χ3v) is 5.64. The molecule has 8 nitrogen and oxygen atoms in total. The van der Waals surface area contributed by atoms with Gasteiger partial charge in [-0.3, -0.25) is 19.3 Å². The number of terminal acetylenes is 1. The third kappa shape index (κ3) is 4.57. The molecular formula is C27H24N4O4. The molecular weight excluding hydrogens is 444 g/mol. The molecule has 0 radical (unpaired) electrons. The first-order chi connectivity index (χ1) is 16.8.